The van der Waals surface area contributed by atoms with Crippen LogP contribution in [0.15, 0.2) is 54.6 Å². The van der Waals surface area contributed by atoms with Crippen LogP contribution in [-0.4, -0.2) is 24.3 Å². The molecule has 1 unspecified atom stereocenters. The molecule has 0 aromatic heterocycles. The third-order valence-corrected chi connectivity index (χ3v) is 5.95. The minimum Gasteiger partial charge on any atom is -0.633 e. The summed E-state index contributed by atoms with van der Waals surface area (Å²) < 4.78 is 6.65. The first-order valence-electron chi connectivity index (χ1n) is 9.55. The number of hydrogen-bond donors (Lipinski definition) is 0. The molecule has 1 fully saturated rings. The summed E-state index contributed by atoms with van der Waals surface area (Å²) in [6.07, 6.45) is 3.73. The lowest BCUT2D eigenvalue weighted by Crippen LogP contribution is -2.53. The molecule has 2 aromatic carbocycles. The third-order valence-electron chi connectivity index (χ3n) is 5.95. The Bertz CT molecular complexity index is 720. The van der Waals surface area contributed by atoms with Gasteiger partial charge in [0.25, 0.3) is 0 Å². The van der Waals surface area contributed by atoms with E-state index in [-0.39, 0.29) is 16.4 Å². The van der Waals surface area contributed by atoms with Gasteiger partial charge in [-0.15, -0.1) is 0 Å². The number of hydroxylamine groups is 3. The topological polar surface area (TPSA) is 32.3 Å². The Morgan fingerprint density at radius 2 is 1.72 bits per heavy atom. The van der Waals surface area contributed by atoms with E-state index in [1.54, 1.807) is 0 Å². The fourth-order valence-corrected chi connectivity index (χ4v) is 4.43. The monoisotopic (exact) mass is 337 g/mol. The van der Waals surface area contributed by atoms with E-state index >= 15 is 0 Å². The van der Waals surface area contributed by atoms with E-state index in [1.807, 2.05) is 6.07 Å². The maximum atomic E-state index is 13.0. The lowest BCUT2D eigenvalue weighted by Gasteiger charge is -2.50. The predicted molar refractivity (Wildman–Crippen MR) is 99.9 cm³/mol. The molecule has 25 heavy (non-hydrogen) atoms. The quantitative estimate of drug-likeness (QED) is 0.586. The molecular weight excluding hydrogens is 310 g/mol. The Morgan fingerprint density at radius 1 is 1.04 bits per heavy atom. The second-order valence-electron chi connectivity index (χ2n) is 7.57. The molecule has 3 nitrogen and oxygen atoms in total. The fraction of sp³-hybridized carbons (Fsp3) is 0.455. The molecule has 1 atom stereocenters. The molecule has 4 rings (SSSR count). The van der Waals surface area contributed by atoms with Crippen molar-refractivity contribution in [3.63, 3.8) is 0 Å². The molecule has 0 radical (unpaired) electrons. The lowest BCUT2D eigenvalue weighted by atomic mass is 9.83. The Morgan fingerprint density at radius 3 is 2.44 bits per heavy atom. The van der Waals surface area contributed by atoms with E-state index in [4.69, 9.17) is 4.74 Å². The first-order chi connectivity index (χ1) is 12.2. The number of rotatable bonds is 4. The summed E-state index contributed by atoms with van der Waals surface area (Å²) in [7, 11) is 0. The fourth-order valence-electron chi connectivity index (χ4n) is 4.43. The van der Waals surface area contributed by atoms with Crippen molar-refractivity contribution >= 4 is 0 Å². The second-order valence-corrected chi connectivity index (χ2v) is 7.57. The first-order valence-corrected chi connectivity index (χ1v) is 9.55. The minimum absolute atomic E-state index is 0.0142. The Labute approximate surface area is 150 Å². The third kappa shape index (κ3) is 3.01. The van der Waals surface area contributed by atoms with Gasteiger partial charge in [-0.25, -0.2) is 0 Å². The summed E-state index contributed by atoms with van der Waals surface area (Å²) in [4.78, 5) is 0. The average molecular weight is 337 g/mol. The standard InChI is InChI=1S/C22H27NO2/c1-2-3-15-23(24)16-13-22(14-17-23)20-12-8-7-11-19(20)21(25-22)18-9-5-4-6-10-18/h4-12,21H,2-3,13-17H2,1H3. The Kier molecular flexibility index (Phi) is 4.40. The molecule has 0 amide bonds. The van der Waals surface area contributed by atoms with Gasteiger partial charge in [0.05, 0.1) is 19.6 Å². The van der Waals surface area contributed by atoms with Gasteiger partial charge < -0.3 is 14.6 Å². The summed E-state index contributed by atoms with van der Waals surface area (Å²) in [5.74, 6) is 0. The number of likely N-dealkylation sites (tertiary alicyclic amines) is 1. The lowest BCUT2D eigenvalue weighted by molar-refractivity contribution is -0.888. The van der Waals surface area contributed by atoms with E-state index in [1.165, 1.54) is 16.7 Å². The van der Waals surface area contributed by atoms with Crippen LogP contribution >= 0.6 is 0 Å². The first kappa shape index (κ1) is 16.8. The van der Waals surface area contributed by atoms with Crippen molar-refractivity contribution in [2.45, 2.75) is 44.3 Å². The largest absolute Gasteiger partial charge is 0.633 e. The van der Waals surface area contributed by atoms with Gasteiger partial charge in [-0.3, -0.25) is 0 Å². The normalized spacial score (nSPS) is 31.2. The highest BCUT2D eigenvalue weighted by Crippen LogP contribution is 2.52. The van der Waals surface area contributed by atoms with Crippen LogP contribution in [-0.2, 0) is 10.3 Å². The molecule has 1 spiro atoms. The molecule has 132 valence electrons. The smallest absolute Gasteiger partial charge is 0.109 e. The molecule has 2 heterocycles. The highest BCUT2D eigenvalue weighted by Gasteiger charge is 2.49. The van der Waals surface area contributed by atoms with Gasteiger partial charge in [-0.1, -0.05) is 67.9 Å². The van der Waals surface area contributed by atoms with E-state index in [0.29, 0.717) is 13.1 Å². The van der Waals surface area contributed by atoms with Crippen molar-refractivity contribution in [2.24, 2.45) is 0 Å². The van der Waals surface area contributed by atoms with Gasteiger partial charge in [-0.2, -0.15) is 0 Å². The number of unbranched alkanes of at least 4 members (excludes halogenated alkanes) is 1. The molecule has 0 N–H and O–H groups in total. The van der Waals surface area contributed by atoms with Gasteiger partial charge in [-0.05, 0) is 23.1 Å². The van der Waals surface area contributed by atoms with E-state index in [2.05, 4.69) is 55.5 Å². The molecule has 2 aliphatic heterocycles. The van der Waals surface area contributed by atoms with Crippen molar-refractivity contribution in [2.75, 3.05) is 19.6 Å². The molecule has 1 saturated heterocycles. The van der Waals surface area contributed by atoms with Crippen molar-refractivity contribution in [3.05, 3.63) is 76.5 Å². The average Bonchev–Trinajstić information content (AvgIpc) is 2.99. The summed E-state index contributed by atoms with van der Waals surface area (Å²) >= 11 is 0. The van der Waals surface area contributed by atoms with E-state index < -0.39 is 0 Å². The predicted octanol–water partition coefficient (Wildman–Crippen LogP) is 4.91. The van der Waals surface area contributed by atoms with Crippen LogP contribution in [0.3, 0.4) is 0 Å². The molecule has 0 saturated carbocycles. The van der Waals surface area contributed by atoms with Gasteiger partial charge in [0.2, 0.25) is 0 Å². The zero-order valence-electron chi connectivity index (χ0n) is 15.0. The Balaban J connectivity index is 1.62. The van der Waals surface area contributed by atoms with Crippen LogP contribution in [0.5, 0.6) is 0 Å². The number of ether oxygens (including phenoxy) is 1. The molecule has 2 aliphatic rings. The van der Waals surface area contributed by atoms with Gasteiger partial charge in [0, 0.05) is 12.8 Å². The van der Waals surface area contributed by atoms with Crippen LogP contribution in [0.1, 0.15) is 55.4 Å². The molecular formula is C22H27NO2. The number of piperidine rings is 1. The summed E-state index contributed by atoms with van der Waals surface area (Å²) in [6, 6.07) is 19.0. The Hall–Kier alpha value is -1.68. The van der Waals surface area contributed by atoms with Gasteiger partial charge in [0.1, 0.15) is 11.7 Å². The van der Waals surface area contributed by atoms with E-state index in [9.17, 15) is 5.21 Å². The summed E-state index contributed by atoms with van der Waals surface area (Å²) in [5.41, 5.74) is 3.49. The molecule has 3 heteroatoms. The number of fused-ring (bicyclic) bond motifs is 2. The van der Waals surface area contributed by atoms with Crippen molar-refractivity contribution in [3.8, 4) is 0 Å². The number of benzene rings is 2. The highest BCUT2D eigenvalue weighted by molar-refractivity contribution is 5.43. The maximum Gasteiger partial charge on any atom is 0.109 e. The summed E-state index contributed by atoms with van der Waals surface area (Å²) in [6.45, 7) is 4.22. The van der Waals surface area contributed by atoms with Gasteiger partial charge >= 0.3 is 0 Å². The van der Waals surface area contributed by atoms with Crippen molar-refractivity contribution in [1.82, 2.24) is 0 Å². The van der Waals surface area contributed by atoms with Crippen LogP contribution < -0.4 is 0 Å². The SMILES string of the molecule is CCCC[N+]1([O-])CCC2(CC1)OC(c1ccccc1)c1ccccc12. The number of hydrogen-bond acceptors (Lipinski definition) is 2. The van der Waals surface area contributed by atoms with Crippen LogP contribution in [0.4, 0.5) is 0 Å². The van der Waals surface area contributed by atoms with Crippen LogP contribution in [0.25, 0.3) is 0 Å². The maximum absolute atomic E-state index is 13.0. The van der Waals surface area contributed by atoms with Crippen LogP contribution in [0, 0.1) is 5.21 Å². The van der Waals surface area contributed by atoms with Crippen LogP contribution in [0.2, 0.25) is 0 Å². The van der Waals surface area contributed by atoms with Crippen molar-refractivity contribution < 1.29 is 9.38 Å². The molecule has 2 aromatic rings. The number of nitrogens with zero attached hydrogens (tertiary/aromatic N) is 1. The zero-order chi connectivity index (χ0) is 17.3. The second kappa shape index (κ2) is 6.56. The highest BCUT2D eigenvalue weighted by atomic mass is 16.6. The van der Waals surface area contributed by atoms with Crippen molar-refractivity contribution in [1.29, 1.82) is 0 Å². The zero-order valence-corrected chi connectivity index (χ0v) is 15.0. The molecule has 0 bridgehead atoms. The van der Waals surface area contributed by atoms with E-state index in [0.717, 1.165) is 32.2 Å². The van der Waals surface area contributed by atoms with Gasteiger partial charge in [0.15, 0.2) is 0 Å². The minimum atomic E-state index is -0.282. The molecule has 0 aliphatic carbocycles. The summed E-state index contributed by atoms with van der Waals surface area (Å²) in [5, 5.41) is 13.0. The number of quaternary nitrogens is 1.